The number of carboxylic acid groups (broad SMARTS) is 2. The molecule has 0 atom stereocenters. The highest BCUT2D eigenvalue weighted by molar-refractivity contribution is 7.11. The van der Waals surface area contributed by atoms with Crippen LogP contribution in [0.3, 0.4) is 0 Å². The molecule has 1 aromatic carbocycles. The van der Waals surface area contributed by atoms with Gasteiger partial charge < -0.3 is 15.5 Å². The van der Waals surface area contributed by atoms with E-state index in [1.807, 2.05) is 6.20 Å². The molecular weight excluding hydrogens is 421 g/mol. The van der Waals surface area contributed by atoms with Crippen LogP contribution in [-0.2, 0) is 11.3 Å². The van der Waals surface area contributed by atoms with Crippen molar-refractivity contribution in [3.05, 3.63) is 44.9 Å². The maximum Gasteiger partial charge on any atom is 0.490 e. The lowest BCUT2D eigenvalue weighted by Crippen LogP contribution is -2.21. The molecule has 1 heterocycles. The lowest BCUT2D eigenvalue weighted by atomic mass is 9.86. The number of aromatic carboxylic acids is 1. The molecule has 2 aromatic rings. The van der Waals surface area contributed by atoms with Gasteiger partial charge in [0.25, 0.3) is 0 Å². The van der Waals surface area contributed by atoms with Crippen molar-refractivity contribution in [2.45, 2.75) is 37.9 Å². The number of alkyl halides is 3. The molecular formula is C17H16ClF3N2O4S. The molecule has 0 bridgehead atoms. The highest BCUT2D eigenvalue weighted by Crippen LogP contribution is 2.38. The summed E-state index contributed by atoms with van der Waals surface area (Å²) >= 11 is 7.59. The van der Waals surface area contributed by atoms with Gasteiger partial charge in [0.15, 0.2) is 0 Å². The van der Waals surface area contributed by atoms with Crippen LogP contribution in [0.1, 0.15) is 45.4 Å². The van der Waals surface area contributed by atoms with Gasteiger partial charge in [-0.15, -0.1) is 11.3 Å². The number of anilines is 1. The van der Waals surface area contributed by atoms with Crippen LogP contribution in [0.25, 0.3) is 0 Å². The highest BCUT2D eigenvalue weighted by atomic mass is 35.5. The molecule has 3 rings (SSSR count). The van der Waals surface area contributed by atoms with Crippen molar-refractivity contribution >= 4 is 40.6 Å². The number of aromatic nitrogens is 1. The third-order valence-corrected chi connectivity index (χ3v) is 5.42. The second kappa shape index (κ2) is 9.24. The van der Waals surface area contributed by atoms with Gasteiger partial charge in [-0.2, -0.15) is 13.2 Å². The van der Waals surface area contributed by atoms with E-state index < -0.39 is 18.1 Å². The summed E-state index contributed by atoms with van der Waals surface area (Å²) in [6.45, 7) is 0.644. The van der Waals surface area contributed by atoms with Crippen LogP contribution in [0.4, 0.5) is 18.9 Å². The van der Waals surface area contributed by atoms with Gasteiger partial charge in [-0.25, -0.2) is 14.6 Å². The third-order valence-electron chi connectivity index (χ3n) is 3.93. The number of carbonyl (C=O) groups is 2. The fourth-order valence-electron chi connectivity index (χ4n) is 2.24. The molecule has 11 heteroatoms. The van der Waals surface area contributed by atoms with E-state index in [0.29, 0.717) is 12.5 Å². The predicted molar refractivity (Wildman–Crippen MR) is 98.1 cm³/mol. The number of hydrogen-bond acceptors (Lipinski definition) is 5. The minimum Gasteiger partial charge on any atom is -0.478 e. The van der Waals surface area contributed by atoms with E-state index in [1.54, 1.807) is 29.5 Å². The summed E-state index contributed by atoms with van der Waals surface area (Å²) in [5.41, 5.74) is 0.858. The summed E-state index contributed by atoms with van der Waals surface area (Å²) in [7, 11) is 0. The van der Waals surface area contributed by atoms with Crippen LogP contribution >= 0.6 is 22.9 Å². The quantitative estimate of drug-likeness (QED) is 0.609. The molecule has 28 heavy (non-hydrogen) atoms. The van der Waals surface area contributed by atoms with E-state index in [1.165, 1.54) is 24.3 Å². The van der Waals surface area contributed by atoms with E-state index in [9.17, 15) is 18.0 Å². The molecule has 1 fully saturated rings. The van der Waals surface area contributed by atoms with Crippen molar-refractivity contribution in [1.82, 2.24) is 4.98 Å². The Morgan fingerprint density at radius 2 is 1.93 bits per heavy atom. The molecule has 0 aliphatic heterocycles. The number of thiazole rings is 1. The molecule has 152 valence electrons. The largest absolute Gasteiger partial charge is 0.490 e. The molecule has 0 spiro atoms. The Morgan fingerprint density at radius 3 is 2.43 bits per heavy atom. The Morgan fingerprint density at radius 1 is 1.29 bits per heavy atom. The lowest BCUT2D eigenvalue weighted by Gasteiger charge is -2.22. The standard InChI is InChI=1S/C15H15ClN2O2S.C2HF3O2/c16-13-5-4-10(6-12(13)15(19)20)17-7-11-8-18-14(21-11)9-2-1-3-9;3-2(4,5)1(6)7/h4-6,8-9,17H,1-3,7H2,(H,19,20);(H,6,7). The van der Waals surface area contributed by atoms with Crippen LogP contribution in [0.15, 0.2) is 24.4 Å². The van der Waals surface area contributed by atoms with Crippen molar-refractivity contribution < 1.29 is 33.0 Å². The Balaban J connectivity index is 0.000000345. The SMILES string of the molecule is O=C(O)C(F)(F)F.O=C(O)c1cc(NCc2cnc(C3CCC3)s2)ccc1Cl. The Hall–Kier alpha value is -2.33. The number of benzene rings is 1. The number of halogens is 4. The highest BCUT2D eigenvalue weighted by Gasteiger charge is 2.38. The van der Waals surface area contributed by atoms with Gasteiger partial charge in [-0.05, 0) is 31.0 Å². The van der Waals surface area contributed by atoms with Gasteiger partial charge in [0.1, 0.15) is 0 Å². The number of nitrogens with one attached hydrogen (secondary N) is 1. The molecule has 6 nitrogen and oxygen atoms in total. The van der Waals surface area contributed by atoms with Crippen molar-refractivity contribution in [3.63, 3.8) is 0 Å². The normalized spacial score (nSPS) is 13.9. The zero-order valence-electron chi connectivity index (χ0n) is 14.3. The molecule has 1 aromatic heterocycles. The molecule has 1 saturated carbocycles. The average molecular weight is 437 g/mol. The van der Waals surface area contributed by atoms with E-state index in [0.717, 1.165) is 10.6 Å². The van der Waals surface area contributed by atoms with E-state index in [4.69, 9.17) is 26.6 Å². The Bertz CT molecular complexity index is 853. The molecule has 3 N–H and O–H groups in total. The van der Waals surface area contributed by atoms with Gasteiger partial charge in [-0.1, -0.05) is 18.0 Å². The summed E-state index contributed by atoms with van der Waals surface area (Å²) in [4.78, 5) is 25.6. The van der Waals surface area contributed by atoms with Crippen LogP contribution in [0.2, 0.25) is 5.02 Å². The van der Waals surface area contributed by atoms with Gasteiger partial charge in [-0.3, -0.25) is 0 Å². The first-order chi connectivity index (χ1) is 13.1. The fraction of sp³-hybridized carbons (Fsp3) is 0.353. The molecule has 0 amide bonds. The number of rotatable bonds is 5. The summed E-state index contributed by atoms with van der Waals surface area (Å²) in [5.74, 6) is -3.13. The van der Waals surface area contributed by atoms with Crippen molar-refractivity contribution in [2.24, 2.45) is 0 Å². The van der Waals surface area contributed by atoms with Gasteiger partial charge in [0, 0.05) is 22.7 Å². The van der Waals surface area contributed by atoms with E-state index >= 15 is 0 Å². The van der Waals surface area contributed by atoms with Gasteiger partial charge in [0.2, 0.25) is 0 Å². The van der Waals surface area contributed by atoms with E-state index in [2.05, 4.69) is 10.3 Å². The second-order valence-electron chi connectivity index (χ2n) is 5.95. The van der Waals surface area contributed by atoms with Crippen LogP contribution in [0, 0.1) is 0 Å². The van der Waals surface area contributed by atoms with E-state index in [-0.39, 0.29) is 10.6 Å². The molecule has 1 aliphatic rings. The first kappa shape index (κ1) is 22.0. The topological polar surface area (TPSA) is 99.5 Å². The molecule has 1 aliphatic carbocycles. The number of carboxylic acids is 2. The van der Waals surface area contributed by atoms with Crippen molar-refractivity contribution in [1.29, 1.82) is 0 Å². The smallest absolute Gasteiger partial charge is 0.478 e. The van der Waals surface area contributed by atoms with Crippen LogP contribution in [0.5, 0.6) is 0 Å². The second-order valence-corrected chi connectivity index (χ2v) is 7.50. The third kappa shape index (κ3) is 6.10. The van der Waals surface area contributed by atoms with Gasteiger partial charge >= 0.3 is 18.1 Å². The molecule has 0 radical (unpaired) electrons. The Labute approximate surface area is 167 Å². The minimum atomic E-state index is -5.08. The van der Waals surface area contributed by atoms with Crippen molar-refractivity contribution in [3.8, 4) is 0 Å². The molecule has 0 unspecified atom stereocenters. The van der Waals surface area contributed by atoms with Crippen LogP contribution < -0.4 is 5.32 Å². The summed E-state index contributed by atoms with van der Waals surface area (Å²) in [6, 6.07) is 4.93. The van der Waals surface area contributed by atoms with Crippen LogP contribution in [-0.4, -0.2) is 33.3 Å². The first-order valence-corrected chi connectivity index (χ1v) is 9.28. The van der Waals surface area contributed by atoms with Crippen molar-refractivity contribution in [2.75, 3.05) is 5.32 Å². The zero-order valence-corrected chi connectivity index (χ0v) is 15.9. The maximum absolute atomic E-state index is 11.0. The maximum atomic E-state index is 11.0. The predicted octanol–water partition coefficient (Wildman–Crippen LogP) is 5.01. The average Bonchev–Trinajstić information content (AvgIpc) is 3.00. The lowest BCUT2D eigenvalue weighted by molar-refractivity contribution is -0.192. The Kier molecular flexibility index (Phi) is 7.25. The summed E-state index contributed by atoms with van der Waals surface area (Å²) in [5, 5.41) is 20.9. The number of hydrogen-bond donors (Lipinski definition) is 3. The number of aliphatic carboxylic acids is 1. The first-order valence-electron chi connectivity index (χ1n) is 8.09. The number of nitrogens with zero attached hydrogens (tertiary/aromatic N) is 1. The summed E-state index contributed by atoms with van der Waals surface area (Å²) < 4.78 is 31.7. The minimum absolute atomic E-state index is 0.112. The zero-order chi connectivity index (χ0) is 20.9. The summed E-state index contributed by atoms with van der Waals surface area (Å²) in [6.07, 6.45) is 0.624. The van der Waals surface area contributed by atoms with Gasteiger partial charge in [0.05, 0.1) is 22.1 Å². The monoisotopic (exact) mass is 436 g/mol. The molecule has 0 saturated heterocycles. The fourth-order valence-corrected chi connectivity index (χ4v) is 3.46.